The van der Waals surface area contributed by atoms with Gasteiger partial charge in [0.05, 0.1) is 24.0 Å². The van der Waals surface area contributed by atoms with E-state index in [9.17, 15) is 4.79 Å². The van der Waals surface area contributed by atoms with Crippen molar-refractivity contribution in [1.29, 1.82) is 0 Å². The zero-order chi connectivity index (χ0) is 18.8. The number of carbonyl (C=O) groups is 1. The summed E-state index contributed by atoms with van der Waals surface area (Å²) in [5.74, 6) is 0.763. The van der Waals surface area contributed by atoms with Crippen LogP contribution in [0.3, 0.4) is 0 Å². The lowest BCUT2D eigenvalue weighted by Crippen LogP contribution is -2.26. The van der Waals surface area contributed by atoms with E-state index in [1.165, 1.54) is 0 Å². The molecule has 1 amide bonds. The van der Waals surface area contributed by atoms with Crippen LogP contribution in [0.2, 0.25) is 0 Å². The molecule has 1 N–H and O–H groups in total. The molecule has 3 heterocycles. The summed E-state index contributed by atoms with van der Waals surface area (Å²) in [6.45, 7) is 11.2. The Morgan fingerprint density at radius 1 is 1.27 bits per heavy atom. The number of amides is 1. The molecule has 0 aliphatic carbocycles. The lowest BCUT2D eigenvalue weighted by Gasteiger charge is -2.12. The number of aryl methyl sites for hydroxylation is 4. The fourth-order valence-electron chi connectivity index (χ4n) is 3.03. The van der Waals surface area contributed by atoms with Gasteiger partial charge in [0.2, 0.25) is 0 Å². The van der Waals surface area contributed by atoms with Crippen molar-refractivity contribution in [3.8, 4) is 0 Å². The van der Waals surface area contributed by atoms with E-state index in [4.69, 9.17) is 4.42 Å². The number of nitrogens with one attached hydrogen (secondary N) is 1. The highest BCUT2D eigenvalue weighted by atomic mass is 16.4. The number of hydrogen-bond acceptors (Lipinski definition) is 4. The van der Waals surface area contributed by atoms with E-state index in [2.05, 4.69) is 15.5 Å². The first-order chi connectivity index (χ1) is 12.4. The summed E-state index contributed by atoms with van der Waals surface area (Å²) >= 11 is 0. The van der Waals surface area contributed by atoms with Crippen molar-refractivity contribution in [2.45, 2.75) is 53.8 Å². The van der Waals surface area contributed by atoms with Gasteiger partial charge in [-0.1, -0.05) is 0 Å². The van der Waals surface area contributed by atoms with Gasteiger partial charge >= 0.3 is 0 Å². The fourth-order valence-corrected chi connectivity index (χ4v) is 3.03. The maximum Gasteiger partial charge on any atom is 0.287 e. The third-order valence-corrected chi connectivity index (χ3v) is 4.42. The summed E-state index contributed by atoms with van der Waals surface area (Å²) in [6.07, 6.45) is 1.97. The lowest BCUT2D eigenvalue weighted by atomic mass is 10.1. The maximum atomic E-state index is 12.5. The SMILES string of the molecule is CCn1cc(C(C)NC(=O)c2ccc(Cn3nc(C)cc3C)o2)c(C)n1. The third kappa shape index (κ3) is 3.71. The Bertz CT molecular complexity index is 918. The fraction of sp³-hybridized carbons (Fsp3) is 0.421. The smallest absolute Gasteiger partial charge is 0.287 e. The molecule has 1 atom stereocenters. The molecule has 3 rings (SSSR count). The number of nitrogens with zero attached hydrogens (tertiary/aromatic N) is 4. The first kappa shape index (κ1) is 18.0. The van der Waals surface area contributed by atoms with Crippen molar-refractivity contribution in [3.63, 3.8) is 0 Å². The molecule has 0 fully saturated rings. The first-order valence-corrected chi connectivity index (χ1v) is 8.82. The predicted octanol–water partition coefficient (Wildman–Crippen LogP) is 3.16. The molecule has 3 aromatic heterocycles. The van der Waals surface area contributed by atoms with E-state index >= 15 is 0 Å². The van der Waals surface area contributed by atoms with Crippen LogP contribution < -0.4 is 5.32 Å². The van der Waals surface area contributed by atoms with Gasteiger partial charge in [0, 0.05) is 24.0 Å². The molecular weight excluding hydrogens is 330 g/mol. The van der Waals surface area contributed by atoms with Crippen LogP contribution in [0.5, 0.6) is 0 Å². The van der Waals surface area contributed by atoms with Crippen molar-refractivity contribution in [1.82, 2.24) is 24.9 Å². The lowest BCUT2D eigenvalue weighted by molar-refractivity contribution is 0.0909. The van der Waals surface area contributed by atoms with Crippen LogP contribution in [0, 0.1) is 20.8 Å². The highest BCUT2D eigenvalue weighted by Crippen LogP contribution is 2.18. The summed E-state index contributed by atoms with van der Waals surface area (Å²) < 4.78 is 9.44. The van der Waals surface area contributed by atoms with Crippen LogP contribution in [0.1, 0.15) is 58.8 Å². The highest BCUT2D eigenvalue weighted by molar-refractivity contribution is 5.91. The minimum absolute atomic E-state index is 0.146. The van der Waals surface area contributed by atoms with Gasteiger partial charge in [-0.05, 0) is 52.8 Å². The molecule has 7 nitrogen and oxygen atoms in total. The second kappa shape index (κ2) is 7.19. The van der Waals surface area contributed by atoms with Crippen molar-refractivity contribution in [2.75, 3.05) is 0 Å². The summed E-state index contributed by atoms with van der Waals surface area (Å²) in [6, 6.07) is 5.38. The molecule has 0 radical (unpaired) electrons. The Balaban J connectivity index is 1.67. The maximum absolute atomic E-state index is 12.5. The average Bonchev–Trinajstić information content (AvgIpc) is 3.27. The molecular formula is C19H25N5O2. The van der Waals surface area contributed by atoms with Crippen LogP contribution in [0.4, 0.5) is 0 Å². The summed E-state index contributed by atoms with van der Waals surface area (Å²) in [7, 11) is 0. The number of carbonyl (C=O) groups excluding carboxylic acids is 1. The van der Waals surface area contributed by atoms with Gasteiger partial charge in [-0.15, -0.1) is 0 Å². The largest absolute Gasteiger partial charge is 0.454 e. The monoisotopic (exact) mass is 355 g/mol. The van der Waals surface area contributed by atoms with Gasteiger partial charge in [0.15, 0.2) is 5.76 Å². The molecule has 7 heteroatoms. The summed E-state index contributed by atoms with van der Waals surface area (Å²) in [4.78, 5) is 12.5. The molecule has 0 saturated carbocycles. The van der Waals surface area contributed by atoms with Crippen molar-refractivity contribution in [2.24, 2.45) is 0 Å². The van der Waals surface area contributed by atoms with E-state index in [0.29, 0.717) is 18.1 Å². The zero-order valence-electron chi connectivity index (χ0n) is 15.9. The Morgan fingerprint density at radius 2 is 2.04 bits per heavy atom. The second-order valence-corrected chi connectivity index (χ2v) is 6.57. The number of rotatable bonds is 6. The predicted molar refractivity (Wildman–Crippen MR) is 98.0 cm³/mol. The number of hydrogen-bond donors (Lipinski definition) is 1. The first-order valence-electron chi connectivity index (χ1n) is 8.82. The molecule has 0 bridgehead atoms. The Labute approximate surface area is 153 Å². The minimum Gasteiger partial charge on any atom is -0.454 e. The number of aromatic nitrogens is 4. The molecule has 0 spiro atoms. The zero-order valence-corrected chi connectivity index (χ0v) is 15.9. The quantitative estimate of drug-likeness (QED) is 0.737. The second-order valence-electron chi connectivity index (χ2n) is 6.57. The van der Waals surface area contributed by atoms with Gasteiger partial charge in [-0.25, -0.2) is 0 Å². The standard InChI is InChI=1S/C19H25N5O2/c1-6-23-11-17(15(5)22-23)14(4)20-19(25)18-8-7-16(26-18)10-24-13(3)9-12(2)21-24/h7-9,11,14H,6,10H2,1-5H3,(H,20,25). The van der Waals surface area contributed by atoms with Crippen LogP contribution >= 0.6 is 0 Å². The van der Waals surface area contributed by atoms with Crippen LogP contribution in [-0.2, 0) is 13.1 Å². The Kier molecular flexibility index (Phi) is 4.97. The normalized spacial score (nSPS) is 12.3. The van der Waals surface area contributed by atoms with Crippen LogP contribution in [0.15, 0.2) is 28.8 Å². The van der Waals surface area contributed by atoms with Gasteiger partial charge < -0.3 is 9.73 Å². The van der Waals surface area contributed by atoms with Gasteiger partial charge in [-0.2, -0.15) is 10.2 Å². The summed E-state index contributed by atoms with van der Waals surface area (Å²) in [5, 5.41) is 11.8. The molecule has 1 unspecified atom stereocenters. The molecule has 138 valence electrons. The Morgan fingerprint density at radius 3 is 2.65 bits per heavy atom. The van der Waals surface area contributed by atoms with E-state index < -0.39 is 0 Å². The van der Waals surface area contributed by atoms with Crippen LogP contribution in [-0.4, -0.2) is 25.5 Å². The van der Waals surface area contributed by atoms with E-state index in [-0.39, 0.29) is 11.9 Å². The third-order valence-electron chi connectivity index (χ3n) is 4.42. The van der Waals surface area contributed by atoms with Gasteiger partial charge in [-0.3, -0.25) is 14.2 Å². The molecule has 0 aliphatic rings. The molecule has 3 aromatic rings. The molecule has 0 aliphatic heterocycles. The van der Waals surface area contributed by atoms with Gasteiger partial charge in [0.1, 0.15) is 5.76 Å². The topological polar surface area (TPSA) is 77.9 Å². The highest BCUT2D eigenvalue weighted by Gasteiger charge is 2.18. The van der Waals surface area contributed by atoms with E-state index in [0.717, 1.165) is 29.2 Å². The van der Waals surface area contributed by atoms with Crippen molar-refractivity contribution >= 4 is 5.91 Å². The number of furan rings is 1. The van der Waals surface area contributed by atoms with E-state index in [1.54, 1.807) is 6.07 Å². The summed E-state index contributed by atoms with van der Waals surface area (Å²) in [5.41, 5.74) is 3.95. The molecule has 0 saturated heterocycles. The van der Waals surface area contributed by atoms with Crippen molar-refractivity contribution < 1.29 is 9.21 Å². The average molecular weight is 355 g/mol. The minimum atomic E-state index is -0.235. The van der Waals surface area contributed by atoms with E-state index in [1.807, 2.05) is 62.3 Å². The van der Waals surface area contributed by atoms with Gasteiger partial charge in [0.25, 0.3) is 5.91 Å². The molecule has 26 heavy (non-hydrogen) atoms. The molecule has 0 aromatic carbocycles. The van der Waals surface area contributed by atoms with Crippen molar-refractivity contribution in [3.05, 3.63) is 58.6 Å². The van der Waals surface area contributed by atoms with Crippen LogP contribution in [0.25, 0.3) is 0 Å². The Hall–Kier alpha value is -2.83.